The van der Waals surface area contributed by atoms with Crippen molar-refractivity contribution in [2.75, 3.05) is 0 Å². The molecule has 104 valence electrons. The first-order valence-electron chi connectivity index (χ1n) is 6.41. The molecule has 2 aromatic rings. The topological polar surface area (TPSA) is 48.1 Å². The lowest BCUT2D eigenvalue weighted by Gasteiger charge is -2.14. The summed E-state index contributed by atoms with van der Waals surface area (Å²) in [7, 11) is 0. The van der Waals surface area contributed by atoms with Gasteiger partial charge in [-0.1, -0.05) is 29.9 Å². The first kappa shape index (κ1) is 14.5. The summed E-state index contributed by atoms with van der Waals surface area (Å²) in [6, 6.07) is 7.96. The second-order valence-corrected chi connectivity index (χ2v) is 5.44. The fourth-order valence-corrected chi connectivity index (χ4v) is 2.44. The smallest absolute Gasteiger partial charge is 0.229 e. The van der Waals surface area contributed by atoms with E-state index in [1.165, 1.54) is 5.56 Å². The summed E-state index contributed by atoms with van der Waals surface area (Å²) >= 11 is 5.11. The van der Waals surface area contributed by atoms with Crippen molar-refractivity contribution in [3.63, 3.8) is 0 Å². The minimum Gasteiger partial charge on any atom is -0.438 e. The fraction of sp³-hybridized carbons (Fsp3) is 0.250. The predicted octanol–water partition coefficient (Wildman–Crippen LogP) is 3.74. The van der Waals surface area contributed by atoms with Crippen LogP contribution in [0.25, 0.3) is 0 Å². The first-order valence-corrected chi connectivity index (χ1v) is 6.82. The second kappa shape index (κ2) is 5.59. The minimum atomic E-state index is 0.301. The summed E-state index contributed by atoms with van der Waals surface area (Å²) in [5, 5.41) is 0. The quantitative estimate of drug-likeness (QED) is 0.873. The van der Waals surface area contributed by atoms with Crippen LogP contribution in [0.4, 0.5) is 0 Å². The zero-order valence-electron chi connectivity index (χ0n) is 12.2. The molecule has 0 aliphatic carbocycles. The Labute approximate surface area is 124 Å². The SMILES string of the molecule is Cc1ccc(Oc2nc(C)cc(C)c2C(N)=S)c(C)c1. The van der Waals surface area contributed by atoms with Crippen LogP contribution in [0, 0.1) is 27.7 Å². The molecule has 1 aromatic carbocycles. The lowest BCUT2D eigenvalue weighted by molar-refractivity contribution is 0.456. The maximum Gasteiger partial charge on any atom is 0.229 e. The second-order valence-electron chi connectivity index (χ2n) is 5.00. The van der Waals surface area contributed by atoms with Gasteiger partial charge < -0.3 is 10.5 Å². The largest absolute Gasteiger partial charge is 0.438 e. The molecule has 0 bridgehead atoms. The van der Waals surface area contributed by atoms with Crippen molar-refractivity contribution in [2.45, 2.75) is 27.7 Å². The van der Waals surface area contributed by atoms with Crippen LogP contribution in [0.15, 0.2) is 24.3 Å². The lowest BCUT2D eigenvalue weighted by atomic mass is 10.1. The van der Waals surface area contributed by atoms with E-state index in [2.05, 4.69) is 11.1 Å². The van der Waals surface area contributed by atoms with Crippen LogP contribution in [0.5, 0.6) is 11.6 Å². The van der Waals surface area contributed by atoms with E-state index in [9.17, 15) is 0 Å². The number of hydrogen-bond acceptors (Lipinski definition) is 3. The van der Waals surface area contributed by atoms with Gasteiger partial charge in [0.15, 0.2) is 0 Å². The Kier molecular flexibility index (Phi) is 4.04. The highest BCUT2D eigenvalue weighted by atomic mass is 32.1. The number of thiocarbonyl (C=S) groups is 1. The number of aryl methyl sites for hydroxylation is 4. The number of hydrogen-bond donors (Lipinski definition) is 1. The number of benzene rings is 1. The molecule has 0 amide bonds. The lowest BCUT2D eigenvalue weighted by Crippen LogP contribution is -2.14. The van der Waals surface area contributed by atoms with Gasteiger partial charge in [-0.05, 0) is 51.0 Å². The van der Waals surface area contributed by atoms with Crippen molar-refractivity contribution >= 4 is 17.2 Å². The van der Waals surface area contributed by atoms with Crippen LogP contribution in [0.2, 0.25) is 0 Å². The molecular formula is C16H18N2OS. The van der Waals surface area contributed by atoms with Gasteiger partial charge >= 0.3 is 0 Å². The van der Waals surface area contributed by atoms with E-state index >= 15 is 0 Å². The van der Waals surface area contributed by atoms with Crippen molar-refractivity contribution in [3.05, 3.63) is 52.2 Å². The molecular weight excluding hydrogens is 268 g/mol. The molecule has 1 aromatic heterocycles. The third-order valence-electron chi connectivity index (χ3n) is 3.09. The van der Waals surface area contributed by atoms with Crippen LogP contribution in [0.1, 0.15) is 27.9 Å². The summed E-state index contributed by atoms with van der Waals surface area (Å²) < 4.78 is 5.94. The Bertz CT molecular complexity index is 680. The van der Waals surface area contributed by atoms with Gasteiger partial charge in [-0.2, -0.15) is 0 Å². The zero-order valence-corrected chi connectivity index (χ0v) is 13.0. The van der Waals surface area contributed by atoms with E-state index in [4.69, 9.17) is 22.7 Å². The van der Waals surface area contributed by atoms with E-state index < -0.39 is 0 Å². The van der Waals surface area contributed by atoms with Crippen LogP contribution >= 0.6 is 12.2 Å². The molecule has 1 heterocycles. The van der Waals surface area contributed by atoms with Crippen LogP contribution in [0.3, 0.4) is 0 Å². The number of nitrogens with two attached hydrogens (primary N) is 1. The summed E-state index contributed by atoms with van der Waals surface area (Å²) in [4.78, 5) is 4.73. The average Bonchev–Trinajstić information content (AvgIpc) is 2.31. The maximum absolute atomic E-state index is 5.94. The summed E-state index contributed by atoms with van der Waals surface area (Å²) in [6.45, 7) is 7.93. The molecule has 0 aliphatic heterocycles. The molecule has 0 unspecified atom stereocenters. The molecule has 0 aliphatic rings. The summed E-state index contributed by atoms with van der Waals surface area (Å²) in [5.41, 5.74) is 10.6. The highest BCUT2D eigenvalue weighted by Gasteiger charge is 2.14. The highest BCUT2D eigenvalue weighted by molar-refractivity contribution is 7.80. The predicted molar refractivity (Wildman–Crippen MR) is 85.6 cm³/mol. The van der Waals surface area contributed by atoms with Gasteiger partial charge in [0.25, 0.3) is 0 Å². The number of nitrogens with zero attached hydrogens (tertiary/aromatic N) is 1. The van der Waals surface area contributed by atoms with Gasteiger partial charge in [-0.3, -0.25) is 0 Å². The van der Waals surface area contributed by atoms with Crippen molar-refractivity contribution in [1.29, 1.82) is 0 Å². The molecule has 0 radical (unpaired) electrons. The normalized spacial score (nSPS) is 10.4. The zero-order chi connectivity index (χ0) is 14.9. The molecule has 4 heteroatoms. The van der Waals surface area contributed by atoms with Crippen LogP contribution < -0.4 is 10.5 Å². The fourth-order valence-electron chi connectivity index (χ4n) is 2.19. The van der Waals surface area contributed by atoms with Crippen molar-refractivity contribution < 1.29 is 4.74 Å². The van der Waals surface area contributed by atoms with Crippen molar-refractivity contribution in [1.82, 2.24) is 4.98 Å². The molecule has 0 fully saturated rings. The van der Waals surface area contributed by atoms with Gasteiger partial charge in [-0.25, -0.2) is 4.98 Å². The van der Waals surface area contributed by atoms with E-state index in [1.807, 2.05) is 45.9 Å². The molecule has 3 nitrogen and oxygen atoms in total. The number of pyridine rings is 1. The van der Waals surface area contributed by atoms with Crippen molar-refractivity contribution in [3.8, 4) is 11.6 Å². The molecule has 0 saturated carbocycles. The molecule has 2 N–H and O–H groups in total. The Morgan fingerprint density at radius 1 is 1.10 bits per heavy atom. The van der Waals surface area contributed by atoms with Crippen LogP contribution in [-0.4, -0.2) is 9.97 Å². The Balaban J connectivity index is 2.50. The first-order chi connectivity index (χ1) is 9.38. The van der Waals surface area contributed by atoms with Gasteiger partial charge in [0, 0.05) is 5.69 Å². The molecule has 0 atom stereocenters. The van der Waals surface area contributed by atoms with Crippen molar-refractivity contribution in [2.24, 2.45) is 5.73 Å². The molecule has 0 saturated heterocycles. The average molecular weight is 286 g/mol. The number of rotatable bonds is 3. The van der Waals surface area contributed by atoms with Gasteiger partial charge in [0.1, 0.15) is 10.7 Å². The maximum atomic E-state index is 5.94. The minimum absolute atomic E-state index is 0.301. The standard InChI is InChI=1S/C16H18N2OS/c1-9-5-6-13(10(2)7-9)19-16-14(15(17)20)11(3)8-12(4)18-16/h5-8H,1-4H3,(H2,17,20). The van der Waals surface area contributed by atoms with E-state index in [1.54, 1.807) is 0 Å². The van der Waals surface area contributed by atoms with Gasteiger partial charge in [0.2, 0.25) is 5.88 Å². The Hall–Kier alpha value is -1.94. The van der Waals surface area contributed by atoms with E-state index in [0.717, 1.165) is 22.6 Å². The summed E-state index contributed by atoms with van der Waals surface area (Å²) in [5.74, 6) is 1.24. The highest BCUT2D eigenvalue weighted by Crippen LogP contribution is 2.29. The van der Waals surface area contributed by atoms with E-state index in [-0.39, 0.29) is 0 Å². The third-order valence-corrected chi connectivity index (χ3v) is 3.30. The monoisotopic (exact) mass is 286 g/mol. The Morgan fingerprint density at radius 3 is 2.40 bits per heavy atom. The summed E-state index contributed by atoms with van der Waals surface area (Å²) in [6.07, 6.45) is 0. The number of aromatic nitrogens is 1. The van der Waals surface area contributed by atoms with Gasteiger partial charge in [-0.15, -0.1) is 0 Å². The van der Waals surface area contributed by atoms with Gasteiger partial charge in [0.05, 0.1) is 5.56 Å². The number of ether oxygens (including phenoxy) is 1. The molecule has 20 heavy (non-hydrogen) atoms. The third kappa shape index (κ3) is 2.96. The molecule has 2 rings (SSSR count). The molecule has 0 spiro atoms. The Morgan fingerprint density at radius 2 is 1.80 bits per heavy atom. The van der Waals surface area contributed by atoms with Crippen LogP contribution in [-0.2, 0) is 0 Å². The van der Waals surface area contributed by atoms with E-state index in [0.29, 0.717) is 16.4 Å².